The van der Waals surface area contributed by atoms with Crippen LogP contribution in [0.25, 0.3) is 6.08 Å². The molecule has 162 valence electrons. The van der Waals surface area contributed by atoms with Gasteiger partial charge in [0.1, 0.15) is 13.2 Å². The molecule has 3 rings (SSSR count). The Morgan fingerprint density at radius 1 is 1.16 bits per heavy atom. The fourth-order valence-electron chi connectivity index (χ4n) is 2.73. The summed E-state index contributed by atoms with van der Waals surface area (Å²) in [5.41, 5.74) is 1.40. The maximum atomic E-state index is 12.4. The number of imide groups is 1. The molecule has 2 amide bonds. The summed E-state index contributed by atoms with van der Waals surface area (Å²) in [6.45, 7) is 1.71. The molecule has 0 unspecified atom stereocenters. The van der Waals surface area contributed by atoms with Crippen molar-refractivity contribution in [2.45, 2.75) is 13.5 Å². The normalized spacial score (nSPS) is 14.9. The van der Waals surface area contributed by atoms with E-state index in [1.807, 2.05) is 12.1 Å². The number of aliphatic carboxylic acids is 1. The van der Waals surface area contributed by atoms with E-state index in [-0.39, 0.29) is 16.5 Å². The van der Waals surface area contributed by atoms with E-state index in [0.29, 0.717) is 45.4 Å². The molecule has 2 aromatic carbocycles. The fourth-order valence-corrected chi connectivity index (χ4v) is 3.97. The van der Waals surface area contributed by atoms with Crippen LogP contribution in [-0.2, 0) is 16.2 Å². The van der Waals surface area contributed by atoms with Gasteiger partial charge in [-0.1, -0.05) is 35.3 Å². The Bertz CT molecular complexity index is 1050. The summed E-state index contributed by atoms with van der Waals surface area (Å²) in [5.74, 6) is -1.23. The van der Waals surface area contributed by atoms with Crippen LogP contribution >= 0.6 is 35.0 Å². The molecule has 1 aliphatic rings. The highest BCUT2D eigenvalue weighted by molar-refractivity contribution is 8.18. The quantitative estimate of drug-likeness (QED) is 0.524. The molecule has 0 aliphatic carbocycles. The minimum atomic E-state index is -1.27. The highest BCUT2D eigenvalue weighted by Crippen LogP contribution is 2.39. The molecule has 0 spiro atoms. The highest BCUT2D eigenvalue weighted by atomic mass is 35.5. The maximum absolute atomic E-state index is 12.4. The number of carbonyl (C=O) groups is 3. The number of hydrogen-bond acceptors (Lipinski definition) is 6. The van der Waals surface area contributed by atoms with Gasteiger partial charge >= 0.3 is 5.97 Å². The van der Waals surface area contributed by atoms with Crippen LogP contribution in [0.5, 0.6) is 11.5 Å². The van der Waals surface area contributed by atoms with Crippen molar-refractivity contribution in [1.82, 2.24) is 4.90 Å². The first-order valence-electron chi connectivity index (χ1n) is 9.09. The first kappa shape index (κ1) is 23.0. The van der Waals surface area contributed by atoms with Crippen molar-refractivity contribution in [3.05, 3.63) is 62.5 Å². The van der Waals surface area contributed by atoms with Crippen LogP contribution in [0.1, 0.15) is 18.1 Å². The predicted octanol–water partition coefficient (Wildman–Crippen LogP) is 5.09. The zero-order valence-corrected chi connectivity index (χ0v) is 18.6. The number of carbonyl (C=O) groups excluding carboxylic acids is 2. The molecule has 0 atom stereocenters. The number of carboxylic acids is 1. The third-order valence-corrected chi connectivity index (χ3v) is 5.53. The number of ether oxygens (including phenoxy) is 2. The second-order valence-corrected chi connectivity index (χ2v) is 8.18. The first-order chi connectivity index (χ1) is 14.8. The Morgan fingerprint density at radius 3 is 2.52 bits per heavy atom. The van der Waals surface area contributed by atoms with Crippen LogP contribution in [0.2, 0.25) is 10.0 Å². The highest BCUT2D eigenvalue weighted by Gasteiger charge is 2.36. The van der Waals surface area contributed by atoms with Gasteiger partial charge in [-0.15, -0.1) is 0 Å². The van der Waals surface area contributed by atoms with Crippen molar-refractivity contribution >= 4 is 58.2 Å². The van der Waals surface area contributed by atoms with Crippen LogP contribution in [0, 0.1) is 0 Å². The van der Waals surface area contributed by atoms with E-state index in [1.165, 1.54) is 6.08 Å². The van der Waals surface area contributed by atoms with E-state index >= 15 is 0 Å². The van der Waals surface area contributed by atoms with Gasteiger partial charge in [-0.2, -0.15) is 0 Å². The topological polar surface area (TPSA) is 93.1 Å². The Kier molecular flexibility index (Phi) is 7.48. The van der Waals surface area contributed by atoms with Crippen LogP contribution in [-0.4, -0.2) is 40.3 Å². The third kappa shape index (κ3) is 5.72. The first-order valence-corrected chi connectivity index (χ1v) is 10.7. The fraction of sp³-hybridized carbons (Fsp3) is 0.190. The molecule has 1 heterocycles. The summed E-state index contributed by atoms with van der Waals surface area (Å²) in [7, 11) is 0. The largest absolute Gasteiger partial charge is 0.490 e. The van der Waals surface area contributed by atoms with Gasteiger partial charge in [0.15, 0.2) is 11.5 Å². The lowest BCUT2D eigenvalue weighted by molar-refractivity contribution is -0.140. The van der Waals surface area contributed by atoms with E-state index < -0.39 is 23.7 Å². The van der Waals surface area contributed by atoms with Crippen molar-refractivity contribution < 1.29 is 29.0 Å². The Balaban J connectivity index is 1.85. The molecule has 7 nitrogen and oxygen atoms in total. The third-order valence-electron chi connectivity index (χ3n) is 4.09. The number of carboxylic acid groups (broad SMARTS) is 1. The van der Waals surface area contributed by atoms with Crippen LogP contribution in [0.3, 0.4) is 0 Å². The minimum absolute atomic E-state index is 0.0968. The van der Waals surface area contributed by atoms with Crippen molar-refractivity contribution in [2.24, 2.45) is 0 Å². The van der Waals surface area contributed by atoms with Crippen LogP contribution in [0.4, 0.5) is 4.79 Å². The van der Waals surface area contributed by atoms with E-state index in [2.05, 4.69) is 0 Å². The van der Waals surface area contributed by atoms with Gasteiger partial charge in [-0.3, -0.25) is 19.3 Å². The molecule has 1 N–H and O–H groups in total. The average molecular weight is 482 g/mol. The van der Waals surface area contributed by atoms with Crippen molar-refractivity contribution in [3.63, 3.8) is 0 Å². The van der Waals surface area contributed by atoms with Gasteiger partial charge in [0.05, 0.1) is 16.5 Å². The molecular weight excluding hydrogens is 465 g/mol. The molecule has 0 radical (unpaired) electrons. The molecular formula is C21H17Cl2NO6S. The number of thioether (sulfide) groups is 1. The van der Waals surface area contributed by atoms with Crippen molar-refractivity contribution in [1.29, 1.82) is 0 Å². The smallest absolute Gasteiger partial charge is 0.323 e. The van der Waals surface area contributed by atoms with Gasteiger partial charge in [0.25, 0.3) is 11.1 Å². The molecule has 1 aliphatic heterocycles. The lowest BCUT2D eigenvalue weighted by atomic mass is 10.1. The number of rotatable bonds is 8. The lowest BCUT2D eigenvalue weighted by Crippen LogP contribution is -2.33. The standard InChI is InChI=1S/C21H17Cl2NO6S/c1-2-29-16-8-13(9-17-20(27)24(10-18(25)26)21(28)31-17)7-15(23)19(16)30-11-12-3-5-14(22)6-4-12/h3-9H,2,10-11H2,1H3,(H,25,26)/b17-9+. The molecule has 10 heteroatoms. The number of benzene rings is 2. The summed E-state index contributed by atoms with van der Waals surface area (Å²) < 4.78 is 11.5. The minimum Gasteiger partial charge on any atom is -0.490 e. The van der Waals surface area contributed by atoms with E-state index in [4.69, 9.17) is 37.8 Å². The van der Waals surface area contributed by atoms with Gasteiger partial charge in [-0.05, 0) is 60.2 Å². The van der Waals surface area contributed by atoms with Crippen LogP contribution < -0.4 is 9.47 Å². The van der Waals surface area contributed by atoms with E-state index in [1.54, 1.807) is 31.2 Å². The number of amides is 2. The summed E-state index contributed by atoms with van der Waals surface area (Å²) in [6.07, 6.45) is 1.46. The Labute approximate surface area is 192 Å². The summed E-state index contributed by atoms with van der Waals surface area (Å²) in [5, 5.41) is 9.10. The molecule has 2 aromatic rings. The Hall–Kier alpha value is -2.68. The second kappa shape index (κ2) is 10.1. The molecule has 1 saturated heterocycles. The van der Waals surface area contributed by atoms with Crippen LogP contribution in [0.15, 0.2) is 41.3 Å². The van der Waals surface area contributed by atoms with Gasteiger partial charge < -0.3 is 14.6 Å². The second-order valence-electron chi connectivity index (χ2n) is 6.34. The van der Waals surface area contributed by atoms with Gasteiger partial charge in [0.2, 0.25) is 0 Å². The number of hydrogen-bond donors (Lipinski definition) is 1. The maximum Gasteiger partial charge on any atom is 0.323 e. The molecule has 31 heavy (non-hydrogen) atoms. The zero-order chi connectivity index (χ0) is 22.5. The van der Waals surface area contributed by atoms with Crippen molar-refractivity contribution in [3.8, 4) is 11.5 Å². The van der Waals surface area contributed by atoms with Crippen molar-refractivity contribution in [2.75, 3.05) is 13.2 Å². The number of nitrogens with zero attached hydrogens (tertiary/aromatic N) is 1. The molecule has 1 fully saturated rings. The SMILES string of the molecule is CCOc1cc(/C=C2/SC(=O)N(CC(=O)O)C2=O)cc(Cl)c1OCc1ccc(Cl)cc1. The lowest BCUT2D eigenvalue weighted by Gasteiger charge is -2.15. The molecule has 0 aromatic heterocycles. The zero-order valence-electron chi connectivity index (χ0n) is 16.3. The monoisotopic (exact) mass is 481 g/mol. The number of halogens is 2. The van der Waals surface area contributed by atoms with Gasteiger partial charge in [-0.25, -0.2) is 0 Å². The Morgan fingerprint density at radius 2 is 1.87 bits per heavy atom. The molecule has 0 bridgehead atoms. The molecule has 0 saturated carbocycles. The van der Waals surface area contributed by atoms with E-state index in [0.717, 1.165) is 5.56 Å². The average Bonchev–Trinajstić information content (AvgIpc) is 2.96. The summed E-state index contributed by atoms with van der Waals surface area (Å²) in [4.78, 5) is 35.9. The summed E-state index contributed by atoms with van der Waals surface area (Å²) in [6, 6.07) is 10.4. The van der Waals surface area contributed by atoms with E-state index in [9.17, 15) is 14.4 Å². The predicted molar refractivity (Wildman–Crippen MR) is 119 cm³/mol. The summed E-state index contributed by atoms with van der Waals surface area (Å²) >= 11 is 13.0. The van der Waals surface area contributed by atoms with Gasteiger partial charge in [0, 0.05) is 5.02 Å².